The van der Waals surface area contributed by atoms with Crippen molar-refractivity contribution in [3.8, 4) is 5.75 Å². The fraction of sp³-hybridized carbons (Fsp3) is 0.538. The molecule has 0 aliphatic carbocycles. The molecule has 17 heavy (non-hydrogen) atoms. The molecule has 2 atom stereocenters. The first kappa shape index (κ1) is 11.5. The second-order valence-corrected chi connectivity index (χ2v) is 6.18. The number of rotatable bonds is 0. The Bertz CT molecular complexity index is 451. The van der Waals surface area contributed by atoms with Crippen LogP contribution in [0.5, 0.6) is 5.75 Å². The van der Waals surface area contributed by atoms with Crippen molar-refractivity contribution in [3.63, 3.8) is 0 Å². The molecule has 0 aromatic heterocycles. The van der Waals surface area contributed by atoms with Gasteiger partial charge in [-0.05, 0) is 19.2 Å². The lowest BCUT2D eigenvalue weighted by Crippen LogP contribution is -2.44. The Balaban J connectivity index is 1.97. The van der Waals surface area contributed by atoms with Gasteiger partial charge in [0, 0.05) is 42.0 Å². The van der Waals surface area contributed by atoms with Crippen LogP contribution in [0.3, 0.4) is 0 Å². The molecule has 3 rings (SSSR count). The molecule has 4 heteroatoms. The summed E-state index contributed by atoms with van der Waals surface area (Å²) in [5.74, 6) is 0.952. The van der Waals surface area contributed by atoms with Gasteiger partial charge in [-0.3, -0.25) is 0 Å². The topological polar surface area (TPSA) is 38.5 Å². The summed E-state index contributed by atoms with van der Waals surface area (Å²) in [6, 6.07) is 6.23. The van der Waals surface area contributed by atoms with Crippen LogP contribution in [-0.4, -0.2) is 30.6 Å². The van der Waals surface area contributed by atoms with Crippen LogP contribution in [0.4, 0.5) is 0 Å². The van der Waals surface area contributed by atoms with Crippen LogP contribution in [0.2, 0.25) is 0 Å². The van der Waals surface area contributed by atoms with E-state index in [2.05, 4.69) is 33.9 Å². The SMILES string of the molecule is CN1CCC2(CC(N)c3ccc(Br)cc3O2)C1. The summed E-state index contributed by atoms with van der Waals surface area (Å²) in [7, 11) is 2.14. The summed E-state index contributed by atoms with van der Waals surface area (Å²) in [5.41, 5.74) is 7.35. The van der Waals surface area contributed by atoms with E-state index >= 15 is 0 Å². The van der Waals surface area contributed by atoms with Gasteiger partial charge in [0.05, 0.1) is 0 Å². The number of hydrogen-bond donors (Lipinski definition) is 1. The van der Waals surface area contributed by atoms with E-state index < -0.39 is 0 Å². The maximum atomic E-state index is 6.28. The van der Waals surface area contributed by atoms with Crippen LogP contribution in [0, 0.1) is 0 Å². The van der Waals surface area contributed by atoms with Crippen molar-refractivity contribution in [3.05, 3.63) is 28.2 Å². The number of nitrogens with two attached hydrogens (primary N) is 1. The van der Waals surface area contributed by atoms with Crippen LogP contribution in [0.15, 0.2) is 22.7 Å². The molecule has 2 N–H and O–H groups in total. The molecule has 1 aromatic carbocycles. The highest BCUT2D eigenvalue weighted by molar-refractivity contribution is 9.10. The number of hydrogen-bond acceptors (Lipinski definition) is 3. The summed E-state index contributed by atoms with van der Waals surface area (Å²) in [6.45, 7) is 2.07. The largest absolute Gasteiger partial charge is 0.485 e. The minimum atomic E-state index is -0.0675. The number of benzene rings is 1. The Hall–Kier alpha value is -0.580. The van der Waals surface area contributed by atoms with Crippen molar-refractivity contribution < 1.29 is 4.74 Å². The average molecular weight is 297 g/mol. The average Bonchev–Trinajstić information content (AvgIpc) is 2.58. The number of ether oxygens (including phenoxy) is 1. The normalized spacial score (nSPS) is 32.5. The lowest BCUT2D eigenvalue weighted by Gasteiger charge is -2.38. The molecule has 2 aliphatic heterocycles. The van der Waals surface area contributed by atoms with E-state index in [4.69, 9.17) is 10.5 Å². The van der Waals surface area contributed by atoms with E-state index in [-0.39, 0.29) is 11.6 Å². The quantitative estimate of drug-likeness (QED) is 0.798. The molecule has 2 unspecified atom stereocenters. The molecule has 2 heterocycles. The fourth-order valence-electron chi connectivity index (χ4n) is 2.98. The molecule has 0 saturated carbocycles. The molecule has 2 aliphatic rings. The number of fused-ring (bicyclic) bond motifs is 1. The second kappa shape index (κ2) is 3.97. The van der Waals surface area contributed by atoms with Crippen molar-refractivity contribution in [1.82, 2.24) is 4.90 Å². The predicted octanol–water partition coefficient (Wildman–Crippen LogP) is 2.31. The standard InChI is InChI=1S/C13H17BrN2O/c1-16-5-4-13(8-16)7-11(15)10-3-2-9(14)6-12(10)17-13/h2-3,6,11H,4-5,7-8,15H2,1H3. The molecule has 0 amide bonds. The van der Waals surface area contributed by atoms with Crippen molar-refractivity contribution in [2.45, 2.75) is 24.5 Å². The van der Waals surface area contributed by atoms with Gasteiger partial charge in [0.2, 0.25) is 0 Å². The van der Waals surface area contributed by atoms with E-state index in [1.54, 1.807) is 0 Å². The highest BCUT2D eigenvalue weighted by Gasteiger charge is 2.44. The molecule has 0 radical (unpaired) electrons. The second-order valence-electron chi connectivity index (χ2n) is 5.27. The molecule has 0 bridgehead atoms. The zero-order valence-corrected chi connectivity index (χ0v) is 11.5. The van der Waals surface area contributed by atoms with Gasteiger partial charge in [0.25, 0.3) is 0 Å². The van der Waals surface area contributed by atoms with Gasteiger partial charge in [-0.15, -0.1) is 0 Å². The number of likely N-dealkylation sites (tertiary alicyclic amines) is 1. The van der Waals surface area contributed by atoms with E-state index in [0.717, 1.165) is 41.7 Å². The maximum Gasteiger partial charge on any atom is 0.126 e. The molecular weight excluding hydrogens is 280 g/mol. The van der Waals surface area contributed by atoms with Crippen molar-refractivity contribution in [2.24, 2.45) is 5.73 Å². The van der Waals surface area contributed by atoms with Gasteiger partial charge in [-0.2, -0.15) is 0 Å². The van der Waals surface area contributed by atoms with Gasteiger partial charge in [-0.1, -0.05) is 22.0 Å². The Kier molecular flexibility index (Phi) is 2.69. The van der Waals surface area contributed by atoms with E-state index in [0.29, 0.717) is 0 Å². The predicted molar refractivity (Wildman–Crippen MR) is 71.2 cm³/mol. The third-order valence-corrected chi connectivity index (χ3v) is 4.29. The zero-order valence-electron chi connectivity index (χ0n) is 9.95. The van der Waals surface area contributed by atoms with Gasteiger partial charge in [0.15, 0.2) is 0 Å². The van der Waals surface area contributed by atoms with Crippen molar-refractivity contribution in [1.29, 1.82) is 0 Å². The maximum absolute atomic E-state index is 6.28. The summed E-state index contributed by atoms with van der Waals surface area (Å²) >= 11 is 3.49. The Labute approximate surface area is 110 Å². The minimum Gasteiger partial charge on any atom is -0.485 e. The number of halogens is 1. The van der Waals surface area contributed by atoms with Crippen LogP contribution < -0.4 is 10.5 Å². The minimum absolute atomic E-state index is 0.0675. The van der Waals surface area contributed by atoms with Crippen molar-refractivity contribution in [2.75, 3.05) is 20.1 Å². The number of likely N-dealkylation sites (N-methyl/N-ethyl adjacent to an activating group) is 1. The monoisotopic (exact) mass is 296 g/mol. The Morgan fingerprint density at radius 2 is 2.35 bits per heavy atom. The summed E-state index contributed by atoms with van der Waals surface area (Å²) in [4.78, 5) is 2.32. The zero-order chi connectivity index (χ0) is 12.0. The van der Waals surface area contributed by atoms with Crippen LogP contribution in [0.25, 0.3) is 0 Å². The first-order valence-corrected chi connectivity index (χ1v) is 6.80. The fourth-order valence-corrected chi connectivity index (χ4v) is 3.32. The van der Waals surface area contributed by atoms with Gasteiger partial charge >= 0.3 is 0 Å². The molecule has 3 nitrogen and oxygen atoms in total. The van der Waals surface area contributed by atoms with E-state index in [9.17, 15) is 0 Å². The van der Waals surface area contributed by atoms with Gasteiger partial charge < -0.3 is 15.4 Å². The smallest absolute Gasteiger partial charge is 0.126 e. The molecular formula is C13H17BrN2O. The van der Waals surface area contributed by atoms with Crippen LogP contribution in [0.1, 0.15) is 24.4 Å². The van der Waals surface area contributed by atoms with E-state index in [1.165, 1.54) is 0 Å². The third kappa shape index (κ3) is 1.98. The van der Waals surface area contributed by atoms with Gasteiger partial charge in [0.1, 0.15) is 11.4 Å². The lowest BCUT2D eigenvalue weighted by molar-refractivity contribution is 0.0465. The summed E-state index contributed by atoms with van der Waals surface area (Å²) in [6.07, 6.45) is 2.00. The Morgan fingerprint density at radius 1 is 1.53 bits per heavy atom. The number of nitrogens with zero attached hydrogens (tertiary/aromatic N) is 1. The molecule has 1 fully saturated rings. The molecule has 1 aromatic rings. The summed E-state index contributed by atoms with van der Waals surface area (Å²) < 4.78 is 7.30. The summed E-state index contributed by atoms with van der Waals surface area (Å²) in [5, 5.41) is 0. The van der Waals surface area contributed by atoms with E-state index in [1.807, 2.05) is 12.1 Å². The first-order valence-electron chi connectivity index (χ1n) is 6.01. The van der Waals surface area contributed by atoms with Crippen LogP contribution >= 0.6 is 15.9 Å². The first-order chi connectivity index (χ1) is 8.08. The molecule has 1 saturated heterocycles. The lowest BCUT2D eigenvalue weighted by atomic mass is 9.87. The molecule has 92 valence electrons. The van der Waals surface area contributed by atoms with Gasteiger partial charge in [-0.25, -0.2) is 0 Å². The Morgan fingerprint density at radius 3 is 3.06 bits per heavy atom. The highest BCUT2D eigenvalue weighted by Crippen LogP contribution is 2.43. The van der Waals surface area contributed by atoms with Crippen LogP contribution in [-0.2, 0) is 0 Å². The highest BCUT2D eigenvalue weighted by atomic mass is 79.9. The van der Waals surface area contributed by atoms with Crippen molar-refractivity contribution >= 4 is 15.9 Å². The molecule has 1 spiro atoms. The third-order valence-electron chi connectivity index (χ3n) is 3.80.